The first-order valence-electron chi connectivity index (χ1n) is 5.86. The molecule has 4 heteroatoms. The maximum Gasteiger partial charge on any atom is 0.139 e. The monoisotopic (exact) mass is 256 g/mol. The second kappa shape index (κ2) is 4.94. The van der Waals surface area contributed by atoms with Crippen LogP contribution in [-0.4, -0.2) is 10.2 Å². The Bertz CT molecular complexity index is 688. The molecule has 2 aromatic carbocycles. The van der Waals surface area contributed by atoms with Gasteiger partial charge in [-0.2, -0.15) is 0 Å². The van der Waals surface area contributed by atoms with Gasteiger partial charge in [0.1, 0.15) is 11.5 Å². The number of aliphatic hydroxyl groups is 1. The largest absolute Gasteiger partial charge is 0.506 e. The van der Waals surface area contributed by atoms with Gasteiger partial charge in [0.25, 0.3) is 0 Å². The van der Waals surface area contributed by atoms with Crippen molar-refractivity contribution in [3.63, 3.8) is 0 Å². The number of hydrogen-bond acceptors (Lipinski definition) is 4. The summed E-state index contributed by atoms with van der Waals surface area (Å²) in [5, 5.41) is 21.0. The van der Waals surface area contributed by atoms with E-state index in [2.05, 4.69) is 0 Å². The first-order valence-corrected chi connectivity index (χ1v) is 5.86. The zero-order chi connectivity index (χ0) is 14.0. The molecule has 0 aromatic heterocycles. The Balaban J connectivity index is 2.50. The van der Waals surface area contributed by atoms with Gasteiger partial charge in [0, 0.05) is 0 Å². The Morgan fingerprint density at radius 1 is 1.16 bits per heavy atom. The third kappa shape index (κ3) is 2.63. The average Bonchev–Trinajstić information content (AvgIpc) is 2.39. The van der Waals surface area contributed by atoms with E-state index < -0.39 is 0 Å². The molecule has 98 valence electrons. The molecule has 0 saturated heterocycles. The number of phenolic OH excluding ortho intramolecular Hbond substituents is 1. The molecule has 0 aliphatic rings. The maximum atomic E-state index is 9.75. The average molecular weight is 256 g/mol. The fourth-order valence-electron chi connectivity index (χ4n) is 1.80. The van der Waals surface area contributed by atoms with E-state index in [1.165, 1.54) is 0 Å². The van der Waals surface area contributed by atoms with E-state index in [4.69, 9.17) is 11.5 Å². The van der Waals surface area contributed by atoms with E-state index in [0.29, 0.717) is 11.4 Å². The highest BCUT2D eigenvalue weighted by Gasteiger charge is 2.02. The van der Waals surface area contributed by atoms with Crippen molar-refractivity contribution in [2.75, 3.05) is 5.73 Å². The van der Waals surface area contributed by atoms with Crippen LogP contribution in [0, 0.1) is 0 Å². The molecule has 0 aliphatic heterocycles. The minimum Gasteiger partial charge on any atom is -0.506 e. The number of rotatable bonds is 2. The smallest absolute Gasteiger partial charge is 0.139 e. The second-order valence-corrected chi connectivity index (χ2v) is 4.29. The Labute approximate surface area is 111 Å². The van der Waals surface area contributed by atoms with Gasteiger partial charge in [0.05, 0.1) is 11.4 Å². The van der Waals surface area contributed by atoms with E-state index in [0.717, 1.165) is 16.3 Å². The number of allylic oxidation sites excluding steroid dienone is 1. The van der Waals surface area contributed by atoms with E-state index >= 15 is 0 Å². The molecule has 0 atom stereocenters. The van der Waals surface area contributed by atoms with Crippen molar-refractivity contribution in [3.8, 4) is 5.75 Å². The van der Waals surface area contributed by atoms with Crippen LogP contribution < -0.4 is 11.5 Å². The Kier molecular flexibility index (Phi) is 3.33. The van der Waals surface area contributed by atoms with Crippen LogP contribution in [0.4, 0.5) is 5.69 Å². The van der Waals surface area contributed by atoms with Crippen LogP contribution in [0.25, 0.3) is 16.8 Å². The van der Waals surface area contributed by atoms with Crippen LogP contribution in [0.5, 0.6) is 5.75 Å². The van der Waals surface area contributed by atoms with Gasteiger partial charge >= 0.3 is 0 Å². The lowest BCUT2D eigenvalue weighted by molar-refractivity contribution is 0.427. The lowest BCUT2D eigenvalue weighted by Crippen LogP contribution is -1.99. The minimum absolute atomic E-state index is 0.0219. The maximum absolute atomic E-state index is 9.75. The van der Waals surface area contributed by atoms with Crippen LogP contribution in [0.15, 0.2) is 47.9 Å². The van der Waals surface area contributed by atoms with E-state index in [-0.39, 0.29) is 11.5 Å². The number of fused-ring (bicyclic) bond motifs is 1. The van der Waals surface area contributed by atoms with E-state index in [1.54, 1.807) is 31.2 Å². The third-order valence-electron chi connectivity index (χ3n) is 2.92. The first kappa shape index (κ1) is 12.8. The molecule has 19 heavy (non-hydrogen) atoms. The fourth-order valence-corrected chi connectivity index (χ4v) is 1.80. The SMILES string of the molecule is C/C=C(N)\C(O)=C/c1ccc2cc(O)c(N)cc2c1. The summed E-state index contributed by atoms with van der Waals surface area (Å²) in [5.41, 5.74) is 12.7. The van der Waals surface area contributed by atoms with Crippen molar-refractivity contribution in [2.45, 2.75) is 6.92 Å². The Hall–Kier alpha value is -2.62. The highest BCUT2D eigenvalue weighted by atomic mass is 16.3. The number of anilines is 1. The molecule has 0 fully saturated rings. The third-order valence-corrected chi connectivity index (χ3v) is 2.92. The summed E-state index contributed by atoms with van der Waals surface area (Å²) in [6.45, 7) is 1.75. The topological polar surface area (TPSA) is 92.5 Å². The summed E-state index contributed by atoms with van der Waals surface area (Å²) >= 11 is 0. The van der Waals surface area contributed by atoms with Gasteiger partial charge in [-0.3, -0.25) is 0 Å². The fraction of sp³-hybridized carbons (Fsp3) is 0.0667. The van der Waals surface area contributed by atoms with Crippen LogP contribution in [-0.2, 0) is 0 Å². The number of aliphatic hydroxyl groups excluding tert-OH is 1. The molecule has 0 bridgehead atoms. The molecule has 0 aliphatic carbocycles. The molecule has 0 radical (unpaired) electrons. The number of hydrogen-bond donors (Lipinski definition) is 4. The van der Waals surface area contributed by atoms with Gasteiger partial charge in [0.15, 0.2) is 0 Å². The summed E-state index contributed by atoms with van der Waals surface area (Å²) in [6, 6.07) is 8.84. The number of aromatic hydroxyl groups is 1. The zero-order valence-electron chi connectivity index (χ0n) is 10.6. The number of nitrogen functional groups attached to an aromatic ring is 1. The normalized spacial score (nSPS) is 12.9. The summed E-state index contributed by atoms with van der Waals surface area (Å²) in [5.74, 6) is 0.0883. The standard InChI is InChI=1S/C15H16N2O2/c1-2-12(16)14(18)6-9-3-4-10-8-15(19)13(17)7-11(10)5-9/h2-8,18-19H,16-17H2,1H3/b12-2+,14-6+. The molecular weight excluding hydrogens is 240 g/mol. The van der Waals surface area contributed by atoms with Gasteiger partial charge in [-0.05, 0) is 47.5 Å². The van der Waals surface area contributed by atoms with Crippen molar-refractivity contribution >= 4 is 22.5 Å². The minimum atomic E-state index is 0.0219. The molecule has 2 rings (SSSR count). The van der Waals surface area contributed by atoms with Crippen molar-refractivity contribution in [3.05, 3.63) is 53.4 Å². The highest BCUT2D eigenvalue weighted by Crippen LogP contribution is 2.28. The molecule has 0 saturated carbocycles. The van der Waals surface area contributed by atoms with Gasteiger partial charge < -0.3 is 21.7 Å². The quantitative estimate of drug-likeness (QED) is 0.288. The van der Waals surface area contributed by atoms with Gasteiger partial charge in [0.2, 0.25) is 0 Å². The lowest BCUT2D eigenvalue weighted by Gasteiger charge is -2.05. The summed E-state index contributed by atoms with van der Waals surface area (Å²) < 4.78 is 0. The lowest BCUT2D eigenvalue weighted by atomic mass is 10.0. The van der Waals surface area contributed by atoms with E-state index in [1.807, 2.05) is 18.2 Å². The summed E-state index contributed by atoms with van der Waals surface area (Å²) in [7, 11) is 0. The Morgan fingerprint density at radius 2 is 1.89 bits per heavy atom. The molecule has 2 aromatic rings. The molecular formula is C15H16N2O2. The van der Waals surface area contributed by atoms with Gasteiger partial charge in [-0.1, -0.05) is 18.2 Å². The predicted molar refractivity (Wildman–Crippen MR) is 78.6 cm³/mol. The number of nitrogens with two attached hydrogens (primary N) is 2. The van der Waals surface area contributed by atoms with Crippen LogP contribution >= 0.6 is 0 Å². The molecule has 0 unspecified atom stereocenters. The van der Waals surface area contributed by atoms with Crippen molar-refractivity contribution < 1.29 is 10.2 Å². The molecule has 0 amide bonds. The molecule has 0 heterocycles. The van der Waals surface area contributed by atoms with Crippen molar-refractivity contribution in [1.82, 2.24) is 0 Å². The van der Waals surface area contributed by atoms with Gasteiger partial charge in [-0.25, -0.2) is 0 Å². The molecule has 0 spiro atoms. The zero-order valence-corrected chi connectivity index (χ0v) is 10.6. The second-order valence-electron chi connectivity index (χ2n) is 4.29. The van der Waals surface area contributed by atoms with Crippen molar-refractivity contribution in [1.29, 1.82) is 0 Å². The first-order chi connectivity index (χ1) is 9.01. The summed E-state index contributed by atoms with van der Waals surface area (Å²) in [6.07, 6.45) is 3.21. The van der Waals surface area contributed by atoms with Gasteiger partial charge in [-0.15, -0.1) is 0 Å². The molecule has 4 nitrogen and oxygen atoms in total. The van der Waals surface area contributed by atoms with Crippen LogP contribution in [0.3, 0.4) is 0 Å². The highest BCUT2D eigenvalue weighted by molar-refractivity contribution is 5.89. The Morgan fingerprint density at radius 3 is 2.58 bits per heavy atom. The predicted octanol–water partition coefficient (Wildman–Crippen LogP) is 2.89. The van der Waals surface area contributed by atoms with E-state index in [9.17, 15) is 10.2 Å². The number of benzene rings is 2. The summed E-state index contributed by atoms with van der Waals surface area (Å²) in [4.78, 5) is 0. The van der Waals surface area contributed by atoms with Crippen molar-refractivity contribution in [2.24, 2.45) is 5.73 Å². The molecule has 6 N–H and O–H groups in total. The van der Waals surface area contributed by atoms with Crippen LogP contribution in [0.2, 0.25) is 0 Å². The number of phenols is 1. The van der Waals surface area contributed by atoms with Crippen LogP contribution in [0.1, 0.15) is 12.5 Å².